The van der Waals surface area contributed by atoms with Crippen molar-refractivity contribution in [1.29, 1.82) is 0 Å². The molecule has 0 aromatic carbocycles. The standard InChI is InChI=1S/C8H20O6P2.Al.3H/c1-7(2,9)15(11,12)5-6-16(13,14)8(3,4)10;;;;/h9-10H,5-6H2,1-4H3,(H,11,12)(H,13,14);;;;. The van der Waals surface area contributed by atoms with E-state index in [-0.39, 0.29) is 17.4 Å². The molecule has 9 heteroatoms. The van der Waals surface area contributed by atoms with Gasteiger partial charge < -0.3 is 20.0 Å². The van der Waals surface area contributed by atoms with Crippen LogP contribution in [0.2, 0.25) is 0 Å². The van der Waals surface area contributed by atoms with Crippen LogP contribution in [0.4, 0.5) is 0 Å². The Morgan fingerprint density at radius 1 is 0.824 bits per heavy atom. The predicted octanol–water partition coefficient (Wildman–Crippen LogP) is -0.200. The van der Waals surface area contributed by atoms with Gasteiger partial charge in [0.1, 0.15) is 10.7 Å². The van der Waals surface area contributed by atoms with E-state index in [2.05, 4.69) is 0 Å². The Bertz CT molecular complexity index is 309. The molecule has 0 spiro atoms. The van der Waals surface area contributed by atoms with Gasteiger partial charge in [-0.3, -0.25) is 9.13 Å². The lowest BCUT2D eigenvalue weighted by Gasteiger charge is -2.28. The van der Waals surface area contributed by atoms with Crippen LogP contribution in [0.3, 0.4) is 0 Å². The summed E-state index contributed by atoms with van der Waals surface area (Å²) < 4.78 is 23.2. The molecule has 0 radical (unpaired) electrons. The van der Waals surface area contributed by atoms with Crippen molar-refractivity contribution < 1.29 is 29.1 Å². The zero-order chi connectivity index (χ0) is 13.4. The molecule has 0 saturated carbocycles. The fraction of sp³-hybridized carbons (Fsp3) is 1.00. The predicted molar refractivity (Wildman–Crippen MR) is 71.9 cm³/mol. The quantitative estimate of drug-likeness (QED) is 0.413. The summed E-state index contributed by atoms with van der Waals surface area (Å²) in [5.74, 6) is 0. The minimum atomic E-state index is -3.93. The number of hydrogen-bond acceptors (Lipinski definition) is 4. The largest absolute Gasteiger partial charge is 0.380 e. The first kappa shape index (κ1) is 20.2. The van der Waals surface area contributed by atoms with Gasteiger partial charge >= 0.3 is 0 Å². The minimum Gasteiger partial charge on any atom is -0.380 e. The topological polar surface area (TPSA) is 115 Å². The third kappa shape index (κ3) is 5.55. The van der Waals surface area contributed by atoms with Crippen molar-refractivity contribution in [2.45, 2.75) is 38.4 Å². The van der Waals surface area contributed by atoms with Crippen LogP contribution in [-0.2, 0) is 9.13 Å². The molecule has 2 unspecified atom stereocenters. The maximum atomic E-state index is 11.6. The monoisotopic (exact) mass is 304 g/mol. The highest BCUT2D eigenvalue weighted by atomic mass is 31.2. The maximum Gasteiger partial charge on any atom is 0.231 e. The van der Waals surface area contributed by atoms with Gasteiger partial charge in [-0.15, -0.1) is 0 Å². The Kier molecular flexibility index (Phi) is 6.95. The van der Waals surface area contributed by atoms with Gasteiger partial charge in [0.05, 0.1) is 0 Å². The van der Waals surface area contributed by atoms with E-state index in [1.807, 2.05) is 0 Å². The van der Waals surface area contributed by atoms with E-state index in [1.54, 1.807) is 0 Å². The van der Waals surface area contributed by atoms with Gasteiger partial charge in [0.25, 0.3) is 0 Å². The second-order valence-electron chi connectivity index (χ2n) is 4.84. The second kappa shape index (κ2) is 5.86. The van der Waals surface area contributed by atoms with E-state index >= 15 is 0 Å². The number of rotatable bonds is 5. The zero-order valence-corrected chi connectivity index (χ0v) is 11.7. The number of aliphatic hydroxyl groups is 2. The van der Waals surface area contributed by atoms with E-state index < -0.39 is 37.7 Å². The van der Waals surface area contributed by atoms with Crippen molar-refractivity contribution in [1.82, 2.24) is 0 Å². The maximum absolute atomic E-state index is 11.6. The molecule has 0 aliphatic carbocycles. The first-order chi connectivity index (χ1) is 6.71. The van der Waals surface area contributed by atoms with Crippen LogP contribution in [-0.4, -0.2) is 60.4 Å². The molecule has 0 heterocycles. The molecule has 17 heavy (non-hydrogen) atoms. The Morgan fingerprint density at radius 2 is 1.00 bits per heavy atom. The summed E-state index contributed by atoms with van der Waals surface area (Å²) in [4.78, 5) is 18.9. The van der Waals surface area contributed by atoms with Crippen molar-refractivity contribution in [3.63, 3.8) is 0 Å². The first-order valence-electron chi connectivity index (χ1n) is 4.79. The van der Waals surface area contributed by atoms with Crippen molar-refractivity contribution in [3.8, 4) is 0 Å². The summed E-state index contributed by atoms with van der Waals surface area (Å²) >= 11 is 0. The molecule has 0 aliphatic heterocycles. The van der Waals surface area contributed by atoms with E-state index in [1.165, 1.54) is 27.7 Å². The molecule has 6 nitrogen and oxygen atoms in total. The van der Waals surface area contributed by atoms with Gasteiger partial charge in [0, 0.05) is 12.3 Å². The molecule has 0 aromatic rings. The highest BCUT2D eigenvalue weighted by Gasteiger charge is 2.42. The summed E-state index contributed by atoms with van der Waals surface area (Å²) in [6.07, 6.45) is -1.01. The Balaban J connectivity index is 0. The molecule has 4 N–H and O–H groups in total. The van der Waals surface area contributed by atoms with Gasteiger partial charge in [-0.05, 0) is 27.7 Å². The highest BCUT2D eigenvalue weighted by Crippen LogP contribution is 2.59. The fourth-order valence-electron chi connectivity index (χ4n) is 0.818. The van der Waals surface area contributed by atoms with Crippen molar-refractivity contribution >= 4 is 32.1 Å². The van der Waals surface area contributed by atoms with Crippen LogP contribution in [0.5, 0.6) is 0 Å². The van der Waals surface area contributed by atoms with Gasteiger partial charge in [-0.2, -0.15) is 0 Å². The average Bonchev–Trinajstić information content (AvgIpc) is 1.97. The van der Waals surface area contributed by atoms with Gasteiger partial charge in [-0.25, -0.2) is 0 Å². The molecule has 104 valence electrons. The smallest absolute Gasteiger partial charge is 0.231 e. The lowest BCUT2D eigenvalue weighted by molar-refractivity contribution is 0.145. The van der Waals surface area contributed by atoms with Crippen LogP contribution in [0.25, 0.3) is 0 Å². The molecule has 0 amide bonds. The van der Waals surface area contributed by atoms with Gasteiger partial charge in [0.15, 0.2) is 17.4 Å². The second-order valence-corrected chi connectivity index (χ2v) is 10.7. The number of hydrogen-bond donors (Lipinski definition) is 4. The van der Waals surface area contributed by atoms with E-state index in [0.29, 0.717) is 0 Å². The van der Waals surface area contributed by atoms with Crippen LogP contribution >= 0.6 is 14.7 Å². The molecule has 0 rings (SSSR count). The van der Waals surface area contributed by atoms with Crippen LogP contribution < -0.4 is 0 Å². The lowest BCUT2D eigenvalue weighted by atomic mass is 10.5. The van der Waals surface area contributed by atoms with Crippen LogP contribution in [0, 0.1) is 0 Å². The third-order valence-corrected chi connectivity index (χ3v) is 7.85. The molecular formula is C8H23AlO6P2. The van der Waals surface area contributed by atoms with E-state index in [9.17, 15) is 29.1 Å². The Hall–Kier alpha value is 0.832. The molecular weight excluding hydrogens is 281 g/mol. The highest BCUT2D eigenvalue weighted by molar-refractivity contribution is 7.63. The van der Waals surface area contributed by atoms with Crippen LogP contribution in [0.15, 0.2) is 0 Å². The summed E-state index contributed by atoms with van der Waals surface area (Å²) in [5, 5.41) is 15.2. The summed E-state index contributed by atoms with van der Waals surface area (Å²) in [5.41, 5.74) is 0. The first-order valence-corrected chi connectivity index (χ1v) is 8.48. The van der Waals surface area contributed by atoms with Crippen molar-refractivity contribution in [2.24, 2.45) is 0 Å². The normalized spacial score (nSPS) is 20.0. The van der Waals surface area contributed by atoms with Gasteiger partial charge in [-0.1, -0.05) is 0 Å². The third-order valence-electron chi connectivity index (χ3n) is 2.42. The Labute approximate surface area is 112 Å². The molecule has 0 saturated heterocycles. The average molecular weight is 304 g/mol. The van der Waals surface area contributed by atoms with Crippen molar-refractivity contribution in [3.05, 3.63) is 0 Å². The minimum absolute atomic E-state index is 0. The fourth-order valence-corrected chi connectivity index (χ4v) is 4.08. The molecule has 0 aliphatic rings. The molecule has 0 fully saturated rings. The van der Waals surface area contributed by atoms with Crippen LogP contribution in [0.1, 0.15) is 27.7 Å². The summed E-state index contributed by atoms with van der Waals surface area (Å²) in [6, 6.07) is 0. The lowest BCUT2D eigenvalue weighted by Crippen LogP contribution is -2.25. The Morgan fingerprint density at radius 3 is 1.12 bits per heavy atom. The van der Waals surface area contributed by atoms with E-state index in [4.69, 9.17) is 0 Å². The zero-order valence-electron chi connectivity index (χ0n) is 9.91. The summed E-state index contributed by atoms with van der Waals surface area (Å²) in [6.45, 7) is 4.67. The molecule has 0 bridgehead atoms. The SMILES string of the molecule is CC(C)(O)P(=O)(O)CCP(=O)(O)C(C)(C)O.[AlH3]. The van der Waals surface area contributed by atoms with E-state index in [0.717, 1.165) is 0 Å². The summed E-state index contributed by atoms with van der Waals surface area (Å²) in [7, 11) is -7.86. The molecule has 0 aromatic heterocycles. The molecule has 2 atom stereocenters. The van der Waals surface area contributed by atoms with Gasteiger partial charge in [0.2, 0.25) is 14.7 Å². The van der Waals surface area contributed by atoms with Crippen molar-refractivity contribution in [2.75, 3.05) is 12.3 Å².